The van der Waals surface area contributed by atoms with Crippen molar-refractivity contribution in [3.8, 4) is 5.75 Å². The predicted octanol–water partition coefficient (Wildman–Crippen LogP) is 4.23. The van der Waals surface area contributed by atoms with Crippen molar-refractivity contribution in [2.75, 3.05) is 7.11 Å². The average Bonchev–Trinajstić information content (AvgIpc) is 3.38. The fraction of sp³-hybridized carbons (Fsp3) is 0.278. The van der Waals surface area contributed by atoms with Crippen LogP contribution in [0, 0.1) is 5.92 Å². The number of hydrogen-bond donors (Lipinski definition) is 1. The molecule has 0 unspecified atom stereocenters. The van der Waals surface area contributed by atoms with Gasteiger partial charge in [-0.15, -0.1) is 0 Å². The van der Waals surface area contributed by atoms with Gasteiger partial charge in [-0.05, 0) is 54.7 Å². The van der Waals surface area contributed by atoms with Gasteiger partial charge >= 0.3 is 0 Å². The van der Waals surface area contributed by atoms with Crippen LogP contribution in [0.2, 0.25) is 5.02 Å². The topological polar surface area (TPSA) is 38.3 Å². The number of nitrogens with one attached hydrogen (secondary N) is 1. The van der Waals surface area contributed by atoms with Gasteiger partial charge in [0.15, 0.2) is 0 Å². The van der Waals surface area contributed by atoms with Gasteiger partial charge in [-0.3, -0.25) is 4.79 Å². The Bertz CT molecular complexity index is 665. The van der Waals surface area contributed by atoms with E-state index in [1.165, 1.54) is 0 Å². The summed E-state index contributed by atoms with van der Waals surface area (Å²) >= 11 is 5.95. The molecule has 1 aliphatic rings. The van der Waals surface area contributed by atoms with Crippen LogP contribution in [0.25, 0.3) is 0 Å². The van der Waals surface area contributed by atoms with Crippen LogP contribution in [0.5, 0.6) is 5.75 Å². The molecule has 22 heavy (non-hydrogen) atoms. The first-order chi connectivity index (χ1) is 10.7. The lowest BCUT2D eigenvalue weighted by molar-refractivity contribution is 0.0931. The van der Waals surface area contributed by atoms with Gasteiger partial charge in [-0.2, -0.15) is 0 Å². The lowest BCUT2D eigenvalue weighted by Crippen LogP contribution is -2.29. The molecule has 1 N–H and O–H groups in total. The molecule has 1 saturated carbocycles. The summed E-state index contributed by atoms with van der Waals surface area (Å²) in [6, 6.07) is 14.9. The lowest BCUT2D eigenvalue weighted by atomic mass is 10.0. The largest absolute Gasteiger partial charge is 0.497 e. The number of hydrogen-bond acceptors (Lipinski definition) is 2. The fourth-order valence-corrected chi connectivity index (χ4v) is 2.69. The number of halogens is 1. The first kappa shape index (κ1) is 14.9. The number of amides is 1. The van der Waals surface area contributed by atoms with Crippen molar-refractivity contribution in [1.82, 2.24) is 5.32 Å². The highest BCUT2D eigenvalue weighted by atomic mass is 35.5. The van der Waals surface area contributed by atoms with E-state index in [0.717, 1.165) is 18.4 Å². The van der Waals surface area contributed by atoms with Crippen LogP contribution in [-0.2, 0) is 0 Å². The molecule has 3 rings (SSSR count). The molecule has 1 aliphatic carbocycles. The van der Waals surface area contributed by atoms with Crippen LogP contribution in [0.15, 0.2) is 48.5 Å². The summed E-state index contributed by atoms with van der Waals surface area (Å²) in [6.07, 6.45) is 2.29. The van der Waals surface area contributed by atoms with E-state index < -0.39 is 0 Å². The Hall–Kier alpha value is -2.00. The number of benzene rings is 2. The fourth-order valence-electron chi connectivity index (χ4n) is 2.56. The van der Waals surface area contributed by atoms with Gasteiger partial charge in [0.25, 0.3) is 5.91 Å². The Labute approximate surface area is 135 Å². The highest BCUT2D eigenvalue weighted by Gasteiger charge is 2.33. The minimum Gasteiger partial charge on any atom is -0.497 e. The second-order valence-electron chi connectivity index (χ2n) is 5.57. The summed E-state index contributed by atoms with van der Waals surface area (Å²) in [5.41, 5.74) is 1.71. The van der Waals surface area contributed by atoms with Gasteiger partial charge in [0.1, 0.15) is 5.75 Å². The maximum absolute atomic E-state index is 12.5. The summed E-state index contributed by atoms with van der Waals surface area (Å²) in [7, 11) is 1.59. The van der Waals surface area contributed by atoms with Crippen molar-refractivity contribution in [2.24, 2.45) is 5.92 Å². The third-order valence-electron chi connectivity index (χ3n) is 3.94. The number of methoxy groups -OCH3 is 1. The molecule has 0 radical (unpaired) electrons. The van der Waals surface area contributed by atoms with E-state index in [1.54, 1.807) is 19.2 Å². The highest BCUT2D eigenvalue weighted by Crippen LogP contribution is 2.41. The zero-order valence-corrected chi connectivity index (χ0v) is 13.1. The monoisotopic (exact) mass is 315 g/mol. The normalized spacial score (nSPS) is 15.2. The van der Waals surface area contributed by atoms with E-state index in [0.29, 0.717) is 22.3 Å². The van der Waals surface area contributed by atoms with Crippen LogP contribution in [0.3, 0.4) is 0 Å². The van der Waals surface area contributed by atoms with Gasteiger partial charge in [-0.1, -0.05) is 29.8 Å². The van der Waals surface area contributed by atoms with Crippen LogP contribution in [0.1, 0.15) is 34.8 Å². The molecule has 0 aliphatic heterocycles. The minimum absolute atomic E-state index is 0.0379. The van der Waals surface area contributed by atoms with Gasteiger partial charge < -0.3 is 10.1 Å². The van der Waals surface area contributed by atoms with E-state index in [9.17, 15) is 4.79 Å². The number of ether oxygens (including phenoxy) is 1. The Morgan fingerprint density at radius 1 is 1.23 bits per heavy atom. The maximum atomic E-state index is 12.5. The summed E-state index contributed by atoms with van der Waals surface area (Å²) in [5.74, 6) is 1.11. The van der Waals surface area contributed by atoms with Gasteiger partial charge in [0.2, 0.25) is 0 Å². The summed E-state index contributed by atoms with van der Waals surface area (Å²) in [5, 5.41) is 3.85. The highest BCUT2D eigenvalue weighted by molar-refractivity contribution is 6.30. The van der Waals surface area contributed by atoms with Crippen molar-refractivity contribution < 1.29 is 9.53 Å². The van der Waals surface area contributed by atoms with E-state index >= 15 is 0 Å². The molecule has 3 nitrogen and oxygen atoms in total. The van der Waals surface area contributed by atoms with Gasteiger partial charge in [0.05, 0.1) is 13.2 Å². The maximum Gasteiger partial charge on any atom is 0.251 e. The van der Waals surface area contributed by atoms with Crippen LogP contribution >= 0.6 is 11.6 Å². The third kappa shape index (κ3) is 3.42. The lowest BCUT2D eigenvalue weighted by Gasteiger charge is -2.19. The molecule has 1 atom stereocenters. The average molecular weight is 316 g/mol. The minimum atomic E-state index is -0.0780. The first-order valence-corrected chi connectivity index (χ1v) is 7.75. The van der Waals surface area contributed by atoms with Gasteiger partial charge in [-0.25, -0.2) is 0 Å². The van der Waals surface area contributed by atoms with E-state index in [2.05, 4.69) is 5.32 Å². The van der Waals surface area contributed by atoms with Crippen molar-refractivity contribution in [2.45, 2.75) is 18.9 Å². The Morgan fingerprint density at radius 3 is 2.59 bits per heavy atom. The number of carbonyl (C=O) groups is 1. The molecular weight excluding hydrogens is 298 g/mol. The zero-order chi connectivity index (χ0) is 15.5. The van der Waals surface area contributed by atoms with Crippen molar-refractivity contribution in [1.29, 1.82) is 0 Å². The van der Waals surface area contributed by atoms with Crippen LogP contribution in [-0.4, -0.2) is 13.0 Å². The molecule has 2 aromatic carbocycles. The first-order valence-electron chi connectivity index (χ1n) is 7.38. The SMILES string of the molecule is COc1cccc(C(=O)N[C@H](c2ccc(Cl)cc2)C2CC2)c1. The Kier molecular flexibility index (Phi) is 4.34. The molecule has 0 aromatic heterocycles. The number of carbonyl (C=O) groups excluding carboxylic acids is 1. The molecule has 2 aromatic rings. The molecule has 0 saturated heterocycles. The second-order valence-corrected chi connectivity index (χ2v) is 6.01. The number of rotatable bonds is 5. The molecule has 4 heteroatoms. The molecule has 0 spiro atoms. The molecule has 0 heterocycles. The summed E-state index contributed by atoms with van der Waals surface area (Å²) < 4.78 is 5.17. The summed E-state index contributed by atoms with van der Waals surface area (Å²) in [6.45, 7) is 0. The quantitative estimate of drug-likeness (QED) is 0.896. The molecule has 114 valence electrons. The van der Waals surface area contributed by atoms with E-state index in [4.69, 9.17) is 16.3 Å². The van der Waals surface area contributed by atoms with Crippen LogP contribution in [0.4, 0.5) is 0 Å². The third-order valence-corrected chi connectivity index (χ3v) is 4.19. The Balaban J connectivity index is 1.78. The molecule has 1 fully saturated rings. The predicted molar refractivity (Wildman–Crippen MR) is 87.4 cm³/mol. The Morgan fingerprint density at radius 2 is 1.95 bits per heavy atom. The molecule has 0 bridgehead atoms. The zero-order valence-electron chi connectivity index (χ0n) is 12.4. The van der Waals surface area contributed by atoms with Crippen molar-refractivity contribution in [3.05, 3.63) is 64.7 Å². The van der Waals surface area contributed by atoms with Gasteiger partial charge in [0, 0.05) is 10.6 Å². The smallest absolute Gasteiger partial charge is 0.251 e. The molecular formula is C18H18ClNO2. The van der Waals surface area contributed by atoms with Crippen LogP contribution < -0.4 is 10.1 Å². The van der Waals surface area contributed by atoms with Crippen molar-refractivity contribution >= 4 is 17.5 Å². The van der Waals surface area contributed by atoms with E-state index in [1.807, 2.05) is 36.4 Å². The second kappa shape index (κ2) is 6.41. The summed E-state index contributed by atoms with van der Waals surface area (Å²) in [4.78, 5) is 12.5. The van der Waals surface area contributed by atoms with E-state index in [-0.39, 0.29) is 11.9 Å². The van der Waals surface area contributed by atoms with Crippen molar-refractivity contribution in [3.63, 3.8) is 0 Å². The standard InChI is InChI=1S/C18H18ClNO2/c1-22-16-4-2-3-14(11-16)18(21)20-17(12-5-6-12)13-7-9-15(19)10-8-13/h2-4,7-12,17H,5-6H2,1H3,(H,20,21)/t17-/m0/s1. The molecule has 1 amide bonds.